The second kappa shape index (κ2) is 5.51. The fourth-order valence-corrected chi connectivity index (χ4v) is 2.33. The summed E-state index contributed by atoms with van der Waals surface area (Å²) in [5.74, 6) is 0. The molecule has 2 rings (SSSR count). The Labute approximate surface area is 106 Å². The minimum atomic E-state index is -4.29. The topological polar surface area (TPSA) is 94.6 Å². The lowest BCUT2D eigenvalue weighted by Crippen LogP contribution is -2.35. The van der Waals surface area contributed by atoms with Crippen molar-refractivity contribution in [3.63, 3.8) is 0 Å². The van der Waals surface area contributed by atoms with Crippen LogP contribution in [0.1, 0.15) is 19.3 Å². The molecule has 0 unspecified atom stereocenters. The van der Waals surface area contributed by atoms with Crippen LogP contribution in [0.3, 0.4) is 0 Å². The molecule has 0 atom stereocenters. The third-order valence-electron chi connectivity index (χ3n) is 2.69. The molecule has 1 fully saturated rings. The third kappa shape index (κ3) is 3.83. The van der Waals surface area contributed by atoms with E-state index < -0.39 is 10.3 Å². The van der Waals surface area contributed by atoms with Crippen molar-refractivity contribution in [2.75, 3.05) is 23.2 Å². The molecule has 0 saturated carbocycles. The van der Waals surface area contributed by atoms with Gasteiger partial charge in [-0.15, -0.1) is 0 Å². The van der Waals surface area contributed by atoms with Crippen molar-refractivity contribution in [1.82, 2.24) is 9.99 Å². The van der Waals surface area contributed by atoms with Crippen LogP contribution in [0.25, 0.3) is 0 Å². The second-order valence-corrected chi connectivity index (χ2v) is 5.31. The van der Waals surface area contributed by atoms with Gasteiger partial charge in [-0.05, 0) is 18.9 Å². The van der Waals surface area contributed by atoms with E-state index >= 15 is 0 Å². The molecule has 18 heavy (non-hydrogen) atoms. The van der Waals surface area contributed by atoms with E-state index in [1.165, 1.54) is 12.6 Å². The number of hydrazine groups is 1. The van der Waals surface area contributed by atoms with Gasteiger partial charge in [0, 0.05) is 19.3 Å². The molecule has 0 aromatic carbocycles. The van der Waals surface area contributed by atoms with Crippen molar-refractivity contribution in [3.8, 4) is 0 Å². The average Bonchev–Trinajstić information content (AvgIpc) is 2.31. The van der Waals surface area contributed by atoms with E-state index in [0.29, 0.717) is 5.69 Å². The van der Waals surface area contributed by atoms with E-state index in [2.05, 4.69) is 10.4 Å². The molecule has 0 aliphatic carbocycles. The number of aromatic nitrogens is 1. The Kier molecular flexibility index (Phi) is 4.00. The normalized spacial score (nSPS) is 17.4. The highest BCUT2D eigenvalue weighted by Gasteiger charge is 2.13. The molecule has 0 amide bonds. The molecule has 3 N–H and O–H groups in total. The number of piperidine rings is 1. The van der Waals surface area contributed by atoms with Gasteiger partial charge in [0.25, 0.3) is 0 Å². The zero-order valence-corrected chi connectivity index (χ0v) is 10.7. The van der Waals surface area contributed by atoms with E-state index in [9.17, 15) is 8.42 Å². The fraction of sp³-hybridized carbons (Fsp3) is 0.500. The molecule has 1 saturated heterocycles. The van der Waals surface area contributed by atoms with Crippen LogP contribution in [0.15, 0.2) is 18.5 Å². The molecule has 1 aromatic rings. The van der Waals surface area contributed by atoms with Gasteiger partial charge in [-0.1, -0.05) is 6.42 Å². The first-order valence-electron chi connectivity index (χ1n) is 5.75. The highest BCUT2D eigenvalue weighted by atomic mass is 32.2. The summed E-state index contributed by atoms with van der Waals surface area (Å²) in [5, 5.41) is 2.02. The number of anilines is 2. The Morgan fingerprint density at radius 1 is 1.22 bits per heavy atom. The Bertz CT molecular complexity index is 500. The lowest BCUT2D eigenvalue weighted by molar-refractivity contribution is 0.273. The maximum Gasteiger partial charge on any atom is 0.357 e. The molecule has 100 valence electrons. The molecule has 0 bridgehead atoms. The van der Waals surface area contributed by atoms with Crippen LogP contribution in [0.5, 0.6) is 0 Å². The Balaban J connectivity index is 2.11. The number of nitrogens with zero attached hydrogens (tertiary/aromatic N) is 2. The predicted octanol–water partition coefficient (Wildman–Crippen LogP) is 1.11. The van der Waals surface area contributed by atoms with Gasteiger partial charge < -0.3 is 5.43 Å². The van der Waals surface area contributed by atoms with E-state index in [1.807, 2.05) is 9.73 Å². The average molecular weight is 272 g/mol. The molecular weight excluding hydrogens is 256 g/mol. The highest BCUT2D eigenvalue weighted by molar-refractivity contribution is 7.87. The molecule has 2 heterocycles. The van der Waals surface area contributed by atoms with Crippen molar-refractivity contribution in [3.05, 3.63) is 18.5 Å². The lowest BCUT2D eigenvalue weighted by Gasteiger charge is -2.28. The van der Waals surface area contributed by atoms with Gasteiger partial charge >= 0.3 is 10.3 Å². The van der Waals surface area contributed by atoms with Crippen molar-refractivity contribution in [1.29, 1.82) is 0 Å². The van der Waals surface area contributed by atoms with E-state index in [1.54, 1.807) is 12.3 Å². The van der Waals surface area contributed by atoms with Crippen LogP contribution < -0.4 is 10.1 Å². The van der Waals surface area contributed by atoms with E-state index in [-0.39, 0.29) is 5.69 Å². The van der Waals surface area contributed by atoms with Crippen LogP contribution in [-0.2, 0) is 10.3 Å². The molecule has 1 aliphatic rings. The van der Waals surface area contributed by atoms with E-state index in [4.69, 9.17) is 4.55 Å². The minimum absolute atomic E-state index is 0.227. The summed E-state index contributed by atoms with van der Waals surface area (Å²) in [6, 6.07) is 1.65. The summed E-state index contributed by atoms with van der Waals surface area (Å²) < 4.78 is 32.4. The number of pyridine rings is 1. The van der Waals surface area contributed by atoms with Gasteiger partial charge in [0.05, 0.1) is 17.6 Å². The zero-order chi connectivity index (χ0) is 13.0. The van der Waals surface area contributed by atoms with Crippen LogP contribution in [0, 0.1) is 0 Å². The maximum absolute atomic E-state index is 10.8. The molecule has 8 heteroatoms. The van der Waals surface area contributed by atoms with Gasteiger partial charge in [-0.3, -0.25) is 14.3 Å². The number of rotatable bonds is 4. The first kappa shape index (κ1) is 13.1. The molecule has 0 radical (unpaired) electrons. The van der Waals surface area contributed by atoms with Gasteiger partial charge in [0.1, 0.15) is 0 Å². The van der Waals surface area contributed by atoms with Crippen molar-refractivity contribution in [2.45, 2.75) is 19.3 Å². The fourth-order valence-electron chi connectivity index (χ4n) is 1.89. The summed E-state index contributed by atoms with van der Waals surface area (Å²) in [5.41, 5.74) is 3.93. The highest BCUT2D eigenvalue weighted by Crippen LogP contribution is 2.22. The maximum atomic E-state index is 10.8. The van der Waals surface area contributed by atoms with E-state index in [0.717, 1.165) is 25.9 Å². The number of hydrogen-bond acceptors (Lipinski definition) is 5. The SMILES string of the molecule is O=S(=O)(O)Nc1cnccc1NN1CCCCC1. The van der Waals surface area contributed by atoms with Crippen LogP contribution in [0.2, 0.25) is 0 Å². The van der Waals surface area contributed by atoms with Gasteiger partial charge in [-0.25, -0.2) is 5.01 Å². The summed E-state index contributed by atoms with van der Waals surface area (Å²) >= 11 is 0. The van der Waals surface area contributed by atoms with Crippen LogP contribution in [0.4, 0.5) is 11.4 Å². The lowest BCUT2D eigenvalue weighted by atomic mass is 10.2. The molecular formula is C10H16N4O3S. The summed E-state index contributed by atoms with van der Waals surface area (Å²) in [7, 11) is -4.29. The first-order valence-corrected chi connectivity index (χ1v) is 7.19. The Morgan fingerprint density at radius 3 is 2.61 bits per heavy atom. The van der Waals surface area contributed by atoms with Crippen molar-refractivity contribution in [2.24, 2.45) is 0 Å². The predicted molar refractivity (Wildman–Crippen MR) is 68.5 cm³/mol. The quantitative estimate of drug-likeness (QED) is 0.711. The zero-order valence-electron chi connectivity index (χ0n) is 9.83. The molecule has 7 nitrogen and oxygen atoms in total. The van der Waals surface area contributed by atoms with Gasteiger partial charge in [0.15, 0.2) is 0 Å². The molecule has 1 aliphatic heterocycles. The first-order chi connectivity index (χ1) is 8.54. The Hall–Kier alpha value is -1.38. The largest absolute Gasteiger partial charge is 0.357 e. The van der Waals surface area contributed by atoms with Gasteiger partial charge in [0.2, 0.25) is 0 Å². The number of nitrogens with one attached hydrogen (secondary N) is 2. The van der Waals surface area contributed by atoms with Crippen molar-refractivity contribution < 1.29 is 13.0 Å². The van der Waals surface area contributed by atoms with Crippen molar-refractivity contribution >= 4 is 21.7 Å². The number of hydrogen-bond donors (Lipinski definition) is 3. The summed E-state index contributed by atoms with van der Waals surface area (Å²) in [6.07, 6.45) is 6.34. The second-order valence-electron chi connectivity index (χ2n) is 4.16. The minimum Gasteiger partial charge on any atom is -0.317 e. The smallest absolute Gasteiger partial charge is 0.317 e. The van der Waals surface area contributed by atoms with Crippen LogP contribution >= 0.6 is 0 Å². The standard InChI is InChI=1S/C10H16N4O3S/c15-18(16,17)13-10-8-11-5-4-9(10)12-14-6-2-1-3-7-14/h4-5,8,13H,1-3,6-7H2,(H,11,12)(H,15,16,17). The van der Waals surface area contributed by atoms with Crippen LogP contribution in [-0.4, -0.2) is 36.1 Å². The van der Waals surface area contributed by atoms with Gasteiger partial charge in [-0.2, -0.15) is 8.42 Å². The molecule has 0 spiro atoms. The summed E-state index contributed by atoms with van der Waals surface area (Å²) in [4.78, 5) is 3.83. The Morgan fingerprint density at radius 2 is 1.94 bits per heavy atom. The monoisotopic (exact) mass is 272 g/mol. The summed E-state index contributed by atoms with van der Waals surface area (Å²) in [6.45, 7) is 1.82. The third-order valence-corrected chi connectivity index (χ3v) is 3.17. The molecule has 1 aromatic heterocycles.